The van der Waals surface area contributed by atoms with E-state index in [-0.39, 0.29) is 6.61 Å². The van der Waals surface area contributed by atoms with Crippen LogP contribution in [0.5, 0.6) is 0 Å². The number of carbonyl (C=O) groups is 1. The molecule has 0 heterocycles. The van der Waals surface area contributed by atoms with Crippen LogP contribution >= 0.6 is 0 Å². The minimum atomic E-state index is -0.412. The number of ether oxygens (including phenoxy) is 1. The third-order valence-corrected chi connectivity index (χ3v) is 1.84. The number of hydrogen-bond donors (Lipinski definition) is 1. The summed E-state index contributed by atoms with van der Waals surface area (Å²) in [6.45, 7) is 0.604. The van der Waals surface area contributed by atoms with E-state index in [1.807, 2.05) is 18.2 Å². The Balaban J connectivity index is 2.08. The summed E-state index contributed by atoms with van der Waals surface area (Å²) in [7, 11) is 0. The number of aryl methyl sites for hydroxylation is 1. The van der Waals surface area contributed by atoms with Crippen molar-refractivity contribution < 1.29 is 9.53 Å². The van der Waals surface area contributed by atoms with Crippen molar-refractivity contribution >= 4 is 5.91 Å². The summed E-state index contributed by atoms with van der Waals surface area (Å²) >= 11 is 0. The maximum atomic E-state index is 10.3. The van der Waals surface area contributed by atoms with Crippen LogP contribution in [0.15, 0.2) is 30.3 Å². The molecule has 1 amide bonds. The fraction of sp³-hybridized carbons (Fsp3) is 0.364. The lowest BCUT2D eigenvalue weighted by Crippen LogP contribution is -2.18. The first-order valence-electron chi connectivity index (χ1n) is 4.69. The molecule has 0 fully saturated rings. The zero-order valence-corrected chi connectivity index (χ0v) is 8.11. The molecule has 0 saturated carbocycles. The predicted octanol–water partition coefficient (Wildman–Crippen LogP) is 1.12. The molecule has 0 aliphatic carbocycles. The molecule has 0 bridgehead atoms. The molecule has 2 N–H and O–H groups in total. The molecule has 0 unspecified atom stereocenters. The highest BCUT2D eigenvalue weighted by atomic mass is 16.5. The van der Waals surface area contributed by atoms with Gasteiger partial charge in [-0.25, -0.2) is 0 Å². The number of benzene rings is 1. The Morgan fingerprint density at radius 2 is 2.00 bits per heavy atom. The smallest absolute Gasteiger partial charge is 0.243 e. The van der Waals surface area contributed by atoms with Crippen molar-refractivity contribution in [3.63, 3.8) is 0 Å². The first-order valence-corrected chi connectivity index (χ1v) is 4.69. The lowest BCUT2D eigenvalue weighted by Gasteiger charge is -2.01. The van der Waals surface area contributed by atoms with Gasteiger partial charge in [0.25, 0.3) is 0 Å². The summed E-state index contributed by atoms with van der Waals surface area (Å²) in [5.74, 6) is -0.412. The fourth-order valence-electron chi connectivity index (χ4n) is 1.20. The lowest BCUT2D eigenvalue weighted by atomic mass is 10.1. The van der Waals surface area contributed by atoms with Crippen molar-refractivity contribution in [3.05, 3.63) is 35.9 Å². The molecular weight excluding hydrogens is 178 g/mol. The molecule has 1 aromatic carbocycles. The van der Waals surface area contributed by atoms with E-state index in [1.54, 1.807) is 0 Å². The minimum Gasteiger partial charge on any atom is -0.372 e. The molecule has 1 rings (SSSR count). The molecule has 0 aliphatic heterocycles. The zero-order valence-electron chi connectivity index (χ0n) is 8.11. The largest absolute Gasteiger partial charge is 0.372 e. The van der Waals surface area contributed by atoms with Crippen LogP contribution in [0.3, 0.4) is 0 Å². The minimum absolute atomic E-state index is 0.0226. The van der Waals surface area contributed by atoms with Gasteiger partial charge in [-0.3, -0.25) is 4.79 Å². The van der Waals surface area contributed by atoms with Crippen LogP contribution in [-0.4, -0.2) is 19.1 Å². The van der Waals surface area contributed by atoms with E-state index < -0.39 is 5.91 Å². The highest BCUT2D eigenvalue weighted by Crippen LogP contribution is 2.01. The number of carbonyl (C=O) groups excluding carboxylic acids is 1. The van der Waals surface area contributed by atoms with E-state index in [1.165, 1.54) is 5.56 Å². The van der Waals surface area contributed by atoms with E-state index in [0.29, 0.717) is 6.61 Å². The van der Waals surface area contributed by atoms with Crippen molar-refractivity contribution in [2.24, 2.45) is 5.73 Å². The second-order valence-corrected chi connectivity index (χ2v) is 3.11. The van der Waals surface area contributed by atoms with E-state index >= 15 is 0 Å². The van der Waals surface area contributed by atoms with E-state index in [9.17, 15) is 4.79 Å². The van der Waals surface area contributed by atoms with Gasteiger partial charge in [0, 0.05) is 6.61 Å². The molecule has 3 heteroatoms. The molecule has 0 aromatic heterocycles. The number of hydrogen-bond acceptors (Lipinski definition) is 2. The summed E-state index contributed by atoms with van der Waals surface area (Å²) < 4.78 is 5.04. The Morgan fingerprint density at radius 1 is 1.29 bits per heavy atom. The molecule has 0 atom stereocenters. The maximum absolute atomic E-state index is 10.3. The maximum Gasteiger partial charge on any atom is 0.243 e. The molecule has 3 nitrogen and oxygen atoms in total. The average Bonchev–Trinajstić information content (AvgIpc) is 2.18. The van der Waals surface area contributed by atoms with Crippen LogP contribution in [0.2, 0.25) is 0 Å². The molecular formula is C11H15NO2. The monoisotopic (exact) mass is 193 g/mol. The SMILES string of the molecule is NC(=O)COCCCc1ccccc1. The van der Waals surface area contributed by atoms with Crippen molar-refractivity contribution in [2.75, 3.05) is 13.2 Å². The van der Waals surface area contributed by atoms with Crippen molar-refractivity contribution in [1.29, 1.82) is 0 Å². The Labute approximate surface area is 83.9 Å². The second kappa shape index (κ2) is 6.16. The molecule has 1 aromatic rings. The summed E-state index contributed by atoms with van der Waals surface area (Å²) in [5.41, 5.74) is 6.21. The van der Waals surface area contributed by atoms with Gasteiger partial charge in [-0.15, -0.1) is 0 Å². The summed E-state index contributed by atoms with van der Waals surface area (Å²) in [6.07, 6.45) is 1.89. The first-order chi connectivity index (χ1) is 6.79. The summed E-state index contributed by atoms with van der Waals surface area (Å²) in [6, 6.07) is 10.2. The Hall–Kier alpha value is -1.35. The van der Waals surface area contributed by atoms with Gasteiger partial charge >= 0.3 is 0 Å². The molecule has 0 aliphatic rings. The van der Waals surface area contributed by atoms with Gasteiger partial charge in [0.15, 0.2) is 0 Å². The topological polar surface area (TPSA) is 52.3 Å². The van der Waals surface area contributed by atoms with Gasteiger partial charge in [0.1, 0.15) is 6.61 Å². The van der Waals surface area contributed by atoms with Gasteiger partial charge in [-0.05, 0) is 18.4 Å². The summed E-state index contributed by atoms with van der Waals surface area (Å²) in [5, 5.41) is 0. The number of amides is 1. The normalized spacial score (nSPS) is 10.0. The first kappa shape index (κ1) is 10.7. The third-order valence-electron chi connectivity index (χ3n) is 1.84. The standard InChI is InChI=1S/C11H15NO2/c12-11(13)9-14-8-4-7-10-5-2-1-3-6-10/h1-3,5-6H,4,7-9H2,(H2,12,13). The van der Waals surface area contributed by atoms with Gasteiger partial charge in [-0.2, -0.15) is 0 Å². The van der Waals surface area contributed by atoms with E-state index in [2.05, 4.69) is 12.1 Å². The van der Waals surface area contributed by atoms with E-state index in [0.717, 1.165) is 12.8 Å². The van der Waals surface area contributed by atoms with E-state index in [4.69, 9.17) is 10.5 Å². The number of primary amides is 1. The van der Waals surface area contributed by atoms with Crippen LogP contribution in [0.4, 0.5) is 0 Å². The van der Waals surface area contributed by atoms with Crippen molar-refractivity contribution in [1.82, 2.24) is 0 Å². The van der Waals surface area contributed by atoms with Crippen LogP contribution in [0.25, 0.3) is 0 Å². The quantitative estimate of drug-likeness (QED) is 0.688. The average molecular weight is 193 g/mol. The van der Waals surface area contributed by atoms with Crippen LogP contribution < -0.4 is 5.73 Å². The lowest BCUT2D eigenvalue weighted by molar-refractivity contribution is -0.122. The van der Waals surface area contributed by atoms with Gasteiger partial charge < -0.3 is 10.5 Å². The summed E-state index contributed by atoms with van der Waals surface area (Å²) in [4.78, 5) is 10.3. The van der Waals surface area contributed by atoms with Crippen LogP contribution in [0, 0.1) is 0 Å². The predicted molar refractivity (Wildman–Crippen MR) is 54.8 cm³/mol. The van der Waals surface area contributed by atoms with Crippen molar-refractivity contribution in [3.8, 4) is 0 Å². The highest BCUT2D eigenvalue weighted by molar-refractivity contribution is 5.74. The van der Waals surface area contributed by atoms with Gasteiger partial charge in [-0.1, -0.05) is 30.3 Å². The Bertz CT molecular complexity index is 272. The van der Waals surface area contributed by atoms with Crippen LogP contribution in [0.1, 0.15) is 12.0 Å². The molecule has 14 heavy (non-hydrogen) atoms. The number of rotatable bonds is 6. The van der Waals surface area contributed by atoms with Gasteiger partial charge in [0.2, 0.25) is 5.91 Å². The molecule has 0 radical (unpaired) electrons. The van der Waals surface area contributed by atoms with Gasteiger partial charge in [0.05, 0.1) is 0 Å². The highest BCUT2D eigenvalue weighted by Gasteiger charge is 1.94. The Morgan fingerprint density at radius 3 is 2.64 bits per heavy atom. The van der Waals surface area contributed by atoms with Crippen LogP contribution in [-0.2, 0) is 16.0 Å². The molecule has 76 valence electrons. The molecule has 0 spiro atoms. The zero-order chi connectivity index (χ0) is 10.2. The second-order valence-electron chi connectivity index (χ2n) is 3.11. The fourth-order valence-corrected chi connectivity index (χ4v) is 1.20. The Kier molecular flexibility index (Phi) is 4.72. The van der Waals surface area contributed by atoms with Crippen molar-refractivity contribution in [2.45, 2.75) is 12.8 Å². The number of nitrogens with two attached hydrogens (primary N) is 1. The molecule has 0 saturated heterocycles. The third kappa shape index (κ3) is 4.62.